The monoisotopic (exact) mass is 316 g/mol. The second-order valence-electron chi connectivity index (χ2n) is 4.52. The third kappa shape index (κ3) is 2.60. The van der Waals surface area contributed by atoms with Crippen molar-refractivity contribution in [3.05, 3.63) is 52.9 Å². The van der Waals surface area contributed by atoms with Crippen LogP contribution in [0.5, 0.6) is 17.2 Å². The maximum absolute atomic E-state index is 11.6. The highest BCUT2D eigenvalue weighted by molar-refractivity contribution is 7.99. The van der Waals surface area contributed by atoms with Gasteiger partial charge in [0.1, 0.15) is 5.58 Å². The number of para-hydroxylation sites is 1. The molecule has 0 bridgehead atoms. The third-order valence-corrected chi connectivity index (χ3v) is 4.12. The van der Waals surface area contributed by atoms with Gasteiger partial charge in [-0.15, -0.1) is 0 Å². The minimum absolute atomic E-state index is 0.162. The van der Waals surface area contributed by atoms with E-state index in [1.165, 1.54) is 31.0 Å². The number of benzene rings is 2. The third-order valence-electron chi connectivity index (χ3n) is 3.09. The van der Waals surface area contributed by atoms with Crippen molar-refractivity contribution in [1.29, 1.82) is 0 Å². The van der Waals surface area contributed by atoms with E-state index in [2.05, 4.69) is 0 Å². The predicted octanol–water partition coefficient (Wildman–Crippen LogP) is 3.36. The summed E-state index contributed by atoms with van der Waals surface area (Å²) < 4.78 is 10.2. The average molecular weight is 316 g/mol. The summed E-state index contributed by atoms with van der Waals surface area (Å²) in [6.07, 6.45) is 0. The molecule has 112 valence electrons. The number of aromatic hydroxyl groups is 2. The fraction of sp³-hybridized carbons (Fsp3) is 0.0625. The number of hydrogen-bond acceptors (Lipinski definition) is 6. The van der Waals surface area contributed by atoms with Gasteiger partial charge in [-0.1, -0.05) is 30.0 Å². The first-order valence-corrected chi connectivity index (χ1v) is 7.21. The molecule has 0 aliphatic heterocycles. The summed E-state index contributed by atoms with van der Waals surface area (Å²) in [5.41, 5.74) is 0.0450. The summed E-state index contributed by atoms with van der Waals surface area (Å²) in [4.78, 5) is 13.0. The molecule has 5 nitrogen and oxygen atoms in total. The second kappa shape index (κ2) is 5.65. The van der Waals surface area contributed by atoms with Crippen molar-refractivity contribution in [2.24, 2.45) is 0 Å². The summed E-state index contributed by atoms with van der Waals surface area (Å²) in [5, 5.41) is 20.2. The number of ether oxygens (including phenoxy) is 1. The largest absolute Gasteiger partial charge is 0.504 e. The molecule has 0 fully saturated rings. The lowest BCUT2D eigenvalue weighted by molar-refractivity contribution is 0.349. The molecular formula is C16H12O5S. The zero-order chi connectivity index (χ0) is 15.7. The number of phenols is 2. The van der Waals surface area contributed by atoms with E-state index in [-0.39, 0.29) is 17.2 Å². The Morgan fingerprint density at radius 2 is 1.91 bits per heavy atom. The Morgan fingerprint density at radius 1 is 1.14 bits per heavy atom. The Kier molecular flexibility index (Phi) is 3.68. The molecule has 0 spiro atoms. The highest BCUT2D eigenvalue weighted by Crippen LogP contribution is 2.42. The molecule has 2 aromatic carbocycles. The number of rotatable bonds is 3. The van der Waals surface area contributed by atoms with Crippen molar-refractivity contribution < 1.29 is 19.4 Å². The van der Waals surface area contributed by atoms with Crippen molar-refractivity contribution in [2.45, 2.75) is 9.79 Å². The molecule has 1 heterocycles. The van der Waals surface area contributed by atoms with Crippen molar-refractivity contribution in [1.82, 2.24) is 0 Å². The van der Waals surface area contributed by atoms with Crippen LogP contribution >= 0.6 is 11.8 Å². The van der Waals surface area contributed by atoms with Gasteiger partial charge < -0.3 is 19.4 Å². The predicted molar refractivity (Wildman–Crippen MR) is 82.9 cm³/mol. The first-order chi connectivity index (χ1) is 10.6. The van der Waals surface area contributed by atoms with E-state index in [1.807, 2.05) is 12.1 Å². The van der Waals surface area contributed by atoms with E-state index < -0.39 is 5.63 Å². The van der Waals surface area contributed by atoms with Gasteiger partial charge in [0.05, 0.1) is 7.11 Å². The van der Waals surface area contributed by atoms with Crippen molar-refractivity contribution in [3.63, 3.8) is 0 Å². The Labute approximate surface area is 129 Å². The highest BCUT2D eigenvalue weighted by Gasteiger charge is 2.12. The van der Waals surface area contributed by atoms with Gasteiger partial charge >= 0.3 is 5.63 Å². The molecule has 3 rings (SSSR count). The average Bonchev–Trinajstić information content (AvgIpc) is 2.50. The van der Waals surface area contributed by atoms with Gasteiger partial charge in [-0.05, 0) is 18.2 Å². The molecule has 0 saturated heterocycles. The first kappa shape index (κ1) is 14.3. The maximum atomic E-state index is 11.6. The number of phenolic OH excluding ortho intramolecular Hbond substituents is 2. The lowest BCUT2D eigenvalue weighted by Crippen LogP contribution is -1.97. The minimum Gasteiger partial charge on any atom is -0.504 e. The van der Waals surface area contributed by atoms with E-state index in [0.29, 0.717) is 15.4 Å². The van der Waals surface area contributed by atoms with E-state index in [1.54, 1.807) is 18.2 Å². The number of methoxy groups -OCH3 is 1. The summed E-state index contributed by atoms with van der Waals surface area (Å²) in [7, 11) is 1.40. The fourth-order valence-electron chi connectivity index (χ4n) is 2.08. The lowest BCUT2D eigenvalue weighted by Gasteiger charge is -2.09. The van der Waals surface area contributed by atoms with Gasteiger partial charge in [0.2, 0.25) is 5.75 Å². The molecule has 22 heavy (non-hydrogen) atoms. The number of fused-ring (bicyclic) bond motifs is 1. The second-order valence-corrected chi connectivity index (χ2v) is 5.64. The molecule has 0 atom stereocenters. The summed E-state index contributed by atoms with van der Waals surface area (Å²) in [6.45, 7) is 0. The maximum Gasteiger partial charge on any atom is 0.337 e. The summed E-state index contributed by atoms with van der Waals surface area (Å²) in [5.74, 6) is -0.437. The highest BCUT2D eigenvalue weighted by atomic mass is 32.2. The van der Waals surface area contributed by atoms with Crippen LogP contribution in [0.3, 0.4) is 0 Å². The molecule has 3 aromatic rings. The van der Waals surface area contributed by atoms with Crippen molar-refractivity contribution in [3.8, 4) is 17.2 Å². The van der Waals surface area contributed by atoms with Crippen LogP contribution in [0, 0.1) is 0 Å². The Morgan fingerprint density at radius 3 is 2.68 bits per heavy atom. The zero-order valence-electron chi connectivity index (χ0n) is 11.6. The molecule has 0 aliphatic carbocycles. The van der Waals surface area contributed by atoms with E-state index in [0.717, 1.165) is 5.39 Å². The van der Waals surface area contributed by atoms with E-state index in [9.17, 15) is 15.0 Å². The van der Waals surface area contributed by atoms with Crippen LogP contribution in [0.2, 0.25) is 0 Å². The first-order valence-electron chi connectivity index (χ1n) is 6.39. The van der Waals surface area contributed by atoms with Crippen molar-refractivity contribution >= 4 is 22.7 Å². The van der Waals surface area contributed by atoms with Crippen LogP contribution in [0.4, 0.5) is 0 Å². The molecule has 2 N–H and O–H groups in total. The lowest BCUT2D eigenvalue weighted by atomic mass is 10.2. The molecule has 0 radical (unpaired) electrons. The van der Waals surface area contributed by atoms with E-state index >= 15 is 0 Å². The van der Waals surface area contributed by atoms with E-state index in [4.69, 9.17) is 9.15 Å². The molecule has 1 aromatic heterocycles. The molecule has 0 unspecified atom stereocenters. The smallest absolute Gasteiger partial charge is 0.337 e. The summed E-state index contributed by atoms with van der Waals surface area (Å²) in [6, 6.07) is 11.6. The van der Waals surface area contributed by atoms with Gasteiger partial charge in [0.25, 0.3) is 0 Å². The van der Waals surface area contributed by atoms with Crippen LogP contribution < -0.4 is 10.4 Å². The van der Waals surface area contributed by atoms with Gasteiger partial charge in [0, 0.05) is 21.2 Å². The zero-order valence-corrected chi connectivity index (χ0v) is 12.4. The minimum atomic E-state index is -0.448. The van der Waals surface area contributed by atoms with Crippen LogP contribution in [0.15, 0.2) is 61.5 Å². The molecule has 0 amide bonds. The van der Waals surface area contributed by atoms with Gasteiger partial charge in [-0.25, -0.2) is 4.79 Å². The van der Waals surface area contributed by atoms with Gasteiger partial charge in [0.15, 0.2) is 11.5 Å². The molecule has 6 heteroatoms. The van der Waals surface area contributed by atoms with Crippen LogP contribution in [-0.4, -0.2) is 17.3 Å². The Hall–Kier alpha value is -2.60. The van der Waals surface area contributed by atoms with Crippen LogP contribution in [0.1, 0.15) is 0 Å². The Balaban J connectivity index is 2.11. The topological polar surface area (TPSA) is 79.9 Å². The molecular weight excluding hydrogens is 304 g/mol. The molecule has 0 aliphatic rings. The van der Waals surface area contributed by atoms with Crippen LogP contribution in [0.25, 0.3) is 11.0 Å². The summed E-state index contributed by atoms with van der Waals surface area (Å²) >= 11 is 1.27. The van der Waals surface area contributed by atoms with Crippen LogP contribution in [-0.2, 0) is 0 Å². The SMILES string of the molecule is COc1cc(Sc2cc(=O)oc3ccccc23)cc(O)c1O. The molecule has 0 saturated carbocycles. The van der Waals surface area contributed by atoms with Gasteiger partial charge in [-0.2, -0.15) is 0 Å². The van der Waals surface area contributed by atoms with Crippen molar-refractivity contribution in [2.75, 3.05) is 7.11 Å². The number of hydrogen-bond donors (Lipinski definition) is 2. The quantitative estimate of drug-likeness (QED) is 0.570. The normalized spacial score (nSPS) is 10.8. The van der Waals surface area contributed by atoms with Gasteiger partial charge in [-0.3, -0.25) is 0 Å². The standard InChI is InChI=1S/C16H12O5S/c1-20-13-7-9(6-11(17)16(13)19)22-14-8-15(18)21-12-5-3-2-4-10(12)14/h2-8,17,19H,1H3. The Bertz CT molecular complexity index is 901. The fourth-order valence-corrected chi connectivity index (χ4v) is 3.10.